The van der Waals surface area contributed by atoms with Crippen LogP contribution < -0.4 is 16.4 Å². The molecule has 9 heteroatoms. The van der Waals surface area contributed by atoms with Crippen molar-refractivity contribution in [3.63, 3.8) is 0 Å². The maximum atomic E-state index is 12.7. The van der Waals surface area contributed by atoms with Gasteiger partial charge < -0.3 is 15.4 Å². The van der Waals surface area contributed by atoms with Gasteiger partial charge in [-0.15, -0.1) is 0 Å². The maximum Gasteiger partial charge on any atom is 0.335 e. The van der Waals surface area contributed by atoms with Gasteiger partial charge in [-0.3, -0.25) is 19.5 Å². The lowest BCUT2D eigenvalue weighted by atomic mass is 10.1. The molecule has 0 aliphatic rings. The summed E-state index contributed by atoms with van der Waals surface area (Å²) in [6.45, 7) is 0. The third kappa shape index (κ3) is 3.32. The summed E-state index contributed by atoms with van der Waals surface area (Å²) in [5.74, 6) is -1.93. The van der Waals surface area contributed by atoms with Crippen molar-refractivity contribution >= 4 is 23.2 Å². The number of fused-ring (bicyclic) bond motifs is 1. The monoisotopic (exact) mass is 390 g/mol. The molecule has 0 fully saturated rings. The quantitative estimate of drug-likeness (QED) is 0.422. The fraction of sp³-hybridized carbons (Fsp3) is 0. The molecular formula is C20H14N4O5. The van der Waals surface area contributed by atoms with Crippen molar-refractivity contribution in [1.82, 2.24) is 14.6 Å². The van der Waals surface area contributed by atoms with Gasteiger partial charge >= 0.3 is 5.97 Å². The van der Waals surface area contributed by atoms with Crippen LogP contribution in [0.15, 0.2) is 70.3 Å². The van der Waals surface area contributed by atoms with E-state index in [0.29, 0.717) is 11.3 Å². The van der Waals surface area contributed by atoms with Crippen LogP contribution in [0.1, 0.15) is 20.7 Å². The number of carbonyl (C=O) groups excluding carboxylic acids is 1. The molecule has 29 heavy (non-hydrogen) atoms. The predicted molar refractivity (Wildman–Crippen MR) is 105 cm³/mol. The van der Waals surface area contributed by atoms with Gasteiger partial charge in [0, 0.05) is 11.8 Å². The SMILES string of the molecule is O=C(O)c1cccc(NC(=O)c2c(=O)[nH]n3c(=O)cc(-c4ccccc4)[nH]c23)c1. The highest BCUT2D eigenvalue weighted by Gasteiger charge is 2.20. The standard InChI is InChI=1S/C20H14N4O5/c25-15-10-14(11-5-2-1-3-6-11)22-17-16(19(27)23-24(15)17)18(26)21-13-8-4-7-12(9-13)20(28)29/h1-10,22H,(H,21,26)(H,23,27)(H,28,29). The van der Waals surface area contributed by atoms with E-state index in [1.54, 1.807) is 24.3 Å². The smallest absolute Gasteiger partial charge is 0.335 e. The summed E-state index contributed by atoms with van der Waals surface area (Å²) in [7, 11) is 0. The van der Waals surface area contributed by atoms with Gasteiger partial charge in [0.15, 0.2) is 5.65 Å². The van der Waals surface area contributed by atoms with Crippen molar-refractivity contribution in [2.24, 2.45) is 0 Å². The third-order valence-electron chi connectivity index (χ3n) is 4.32. The number of nitrogens with zero attached hydrogens (tertiary/aromatic N) is 1. The molecule has 0 aliphatic carbocycles. The first-order valence-electron chi connectivity index (χ1n) is 8.52. The van der Waals surface area contributed by atoms with Crippen LogP contribution in [-0.2, 0) is 0 Å². The Morgan fingerprint density at radius 1 is 0.966 bits per heavy atom. The molecule has 2 aromatic carbocycles. The van der Waals surface area contributed by atoms with E-state index < -0.39 is 23.0 Å². The number of rotatable bonds is 4. The first-order chi connectivity index (χ1) is 13.9. The molecule has 0 saturated heterocycles. The van der Waals surface area contributed by atoms with E-state index in [4.69, 9.17) is 5.11 Å². The molecular weight excluding hydrogens is 376 g/mol. The molecule has 4 aromatic rings. The van der Waals surface area contributed by atoms with Crippen LogP contribution in [0.4, 0.5) is 5.69 Å². The van der Waals surface area contributed by atoms with Gasteiger partial charge in [-0.1, -0.05) is 36.4 Å². The summed E-state index contributed by atoms with van der Waals surface area (Å²) in [6, 6.07) is 15.9. The molecule has 0 saturated carbocycles. The second-order valence-electron chi connectivity index (χ2n) is 6.23. The van der Waals surface area contributed by atoms with Crippen LogP contribution in [0.25, 0.3) is 16.9 Å². The summed E-state index contributed by atoms with van der Waals surface area (Å²) in [6.07, 6.45) is 0. The number of aromatic amines is 2. The van der Waals surface area contributed by atoms with Crippen molar-refractivity contribution in [1.29, 1.82) is 0 Å². The Morgan fingerprint density at radius 3 is 2.45 bits per heavy atom. The lowest BCUT2D eigenvalue weighted by molar-refractivity contribution is 0.0696. The van der Waals surface area contributed by atoms with E-state index in [-0.39, 0.29) is 22.5 Å². The topological polar surface area (TPSA) is 137 Å². The van der Waals surface area contributed by atoms with Gasteiger partial charge in [0.2, 0.25) is 0 Å². The fourth-order valence-electron chi connectivity index (χ4n) is 2.98. The third-order valence-corrected chi connectivity index (χ3v) is 4.32. The predicted octanol–water partition coefficient (Wildman–Crippen LogP) is 1.93. The normalized spacial score (nSPS) is 10.8. The Hall–Kier alpha value is -4.40. The highest BCUT2D eigenvalue weighted by Crippen LogP contribution is 2.17. The minimum Gasteiger partial charge on any atom is -0.478 e. The number of hydrogen-bond acceptors (Lipinski definition) is 4. The molecule has 144 valence electrons. The first kappa shape index (κ1) is 18.0. The Balaban J connectivity index is 1.80. The van der Waals surface area contributed by atoms with Crippen molar-refractivity contribution in [2.75, 3.05) is 5.32 Å². The molecule has 0 atom stereocenters. The number of carboxylic acids is 1. The first-order valence-corrected chi connectivity index (χ1v) is 8.52. The molecule has 0 spiro atoms. The molecule has 2 aromatic heterocycles. The van der Waals surface area contributed by atoms with Gasteiger partial charge in [0.25, 0.3) is 17.0 Å². The molecule has 1 amide bonds. The zero-order chi connectivity index (χ0) is 20.5. The Morgan fingerprint density at radius 2 is 1.72 bits per heavy atom. The highest BCUT2D eigenvalue weighted by atomic mass is 16.4. The number of carbonyl (C=O) groups is 2. The van der Waals surface area contributed by atoms with Crippen LogP contribution in [0.2, 0.25) is 0 Å². The molecule has 0 radical (unpaired) electrons. The average molecular weight is 390 g/mol. The minimum atomic E-state index is -1.15. The van der Waals surface area contributed by atoms with E-state index in [2.05, 4.69) is 15.4 Å². The van der Waals surface area contributed by atoms with Crippen LogP contribution in [0.5, 0.6) is 0 Å². The zero-order valence-corrected chi connectivity index (χ0v) is 14.8. The van der Waals surface area contributed by atoms with E-state index in [1.165, 1.54) is 30.3 Å². The van der Waals surface area contributed by atoms with Crippen molar-refractivity contribution < 1.29 is 14.7 Å². The summed E-state index contributed by atoms with van der Waals surface area (Å²) in [5.41, 5.74) is -0.211. The second kappa shape index (κ2) is 6.97. The summed E-state index contributed by atoms with van der Waals surface area (Å²) >= 11 is 0. The largest absolute Gasteiger partial charge is 0.478 e. The molecule has 4 rings (SSSR count). The molecule has 0 bridgehead atoms. The maximum absolute atomic E-state index is 12.7. The van der Waals surface area contributed by atoms with Crippen LogP contribution in [0, 0.1) is 0 Å². The van der Waals surface area contributed by atoms with E-state index >= 15 is 0 Å². The Kier molecular flexibility index (Phi) is 4.32. The zero-order valence-electron chi connectivity index (χ0n) is 14.8. The second-order valence-corrected chi connectivity index (χ2v) is 6.23. The number of hydrogen-bond donors (Lipinski definition) is 4. The minimum absolute atomic E-state index is 0.00763. The summed E-state index contributed by atoms with van der Waals surface area (Å²) < 4.78 is 0.956. The number of amides is 1. The van der Waals surface area contributed by atoms with Gasteiger partial charge in [-0.2, -0.15) is 4.52 Å². The molecule has 0 aliphatic heterocycles. The summed E-state index contributed by atoms with van der Waals surface area (Å²) in [4.78, 5) is 51.5. The summed E-state index contributed by atoms with van der Waals surface area (Å²) in [5, 5.41) is 13.9. The lowest BCUT2D eigenvalue weighted by Gasteiger charge is -2.06. The Bertz CT molecular complexity index is 1370. The lowest BCUT2D eigenvalue weighted by Crippen LogP contribution is -2.20. The van der Waals surface area contributed by atoms with E-state index in [1.807, 2.05) is 6.07 Å². The van der Waals surface area contributed by atoms with Gasteiger partial charge in [-0.05, 0) is 23.8 Å². The van der Waals surface area contributed by atoms with E-state index in [0.717, 1.165) is 4.52 Å². The number of aromatic nitrogens is 3. The van der Waals surface area contributed by atoms with Crippen molar-refractivity contribution in [3.8, 4) is 11.3 Å². The number of benzene rings is 2. The number of carboxylic acid groups (broad SMARTS) is 1. The van der Waals surface area contributed by atoms with Crippen molar-refractivity contribution in [3.05, 3.63) is 92.5 Å². The Labute approximate surface area is 162 Å². The van der Waals surface area contributed by atoms with E-state index in [9.17, 15) is 19.2 Å². The molecule has 2 heterocycles. The molecule has 9 nitrogen and oxygen atoms in total. The van der Waals surface area contributed by atoms with Gasteiger partial charge in [0.05, 0.1) is 11.3 Å². The van der Waals surface area contributed by atoms with Gasteiger partial charge in [-0.25, -0.2) is 4.79 Å². The van der Waals surface area contributed by atoms with Crippen molar-refractivity contribution in [2.45, 2.75) is 0 Å². The average Bonchev–Trinajstić information content (AvgIpc) is 3.05. The molecule has 4 N–H and O–H groups in total. The number of aromatic carboxylic acids is 1. The fourth-order valence-corrected chi connectivity index (χ4v) is 2.98. The highest BCUT2D eigenvalue weighted by molar-refractivity contribution is 6.08. The van der Waals surface area contributed by atoms with Crippen LogP contribution in [0.3, 0.4) is 0 Å². The van der Waals surface area contributed by atoms with Crippen LogP contribution in [-0.4, -0.2) is 31.6 Å². The number of H-pyrrole nitrogens is 2. The van der Waals surface area contributed by atoms with Gasteiger partial charge in [0.1, 0.15) is 5.56 Å². The van der Waals surface area contributed by atoms with Crippen LogP contribution >= 0.6 is 0 Å². The number of anilines is 1. The number of nitrogens with one attached hydrogen (secondary N) is 3. The molecule has 0 unspecified atom stereocenters.